The molecule has 0 spiro atoms. The Kier molecular flexibility index (Phi) is 5.83. The number of benzene rings is 1. The van der Waals surface area contributed by atoms with E-state index in [1.807, 2.05) is 13.0 Å². The van der Waals surface area contributed by atoms with Crippen molar-refractivity contribution in [1.82, 2.24) is 20.4 Å². The molecule has 1 aromatic heterocycles. The van der Waals surface area contributed by atoms with Crippen LogP contribution in [-0.2, 0) is 6.54 Å². The molecule has 2 N–H and O–H groups in total. The second-order valence-electron chi connectivity index (χ2n) is 7.07. The summed E-state index contributed by atoms with van der Waals surface area (Å²) in [6, 6.07) is 6.54. The zero-order valence-electron chi connectivity index (χ0n) is 15.3. The van der Waals surface area contributed by atoms with Crippen LogP contribution in [0.15, 0.2) is 22.7 Å². The number of aliphatic hydroxyl groups excluding tert-OH is 1. The summed E-state index contributed by atoms with van der Waals surface area (Å²) in [7, 11) is 0. The van der Waals surface area contributed by atoms with Gasteiger partial charge < -0.3 is 14.9 Å². The monoisotopic (exact) mass is 344 g/mol. The molecule has 0 amide bonds. The summed E-state index contributed by atoms with van der Waals surface area (Å²) < 4.78 is 5.04. The largest absolute Gasteiger partial charge is 0.387 e. The van der Waals surface area contributed by atoms with Crippen molar-refractivity contribution in [2.45, 2.75) is 52.3 Å². The van der Waals surface area contributed by atoms with Crippen molar-refractivity contribution in [2.24, 2.45) is 0 Å². The standard InChI is InChI=1S/C19H28N4O2/c1-13-6-7-16(9-14(13)2)18(24)10-20-17-5-4-8-23(11-17)12-19-21-15(3)25-22-19/h6-7,9,17-18,20,24H,4-5,8,10-12H2,1-3H3. The number of likely N-dealkylation sites (tertiary alicyclic amines) is 1. The number of aromatic nitrogens is 2. The number of rotatable bonds is 6. The third-order valence-electron chi connectivity index (χ3n) is 4.96. The number of nitrogens with one attached hydrogen (secondary N) is 1. The first-order chi connectivity index (χ1) is 12.0. The lowest BCUT2D eigenvalue weighted by molar-refractivity contribution is 0.142. The van der Waals surface area contributed by atoms with E-state index >= 15 is 0 Å². The third-order valence-corrected chi connectivity index (χ3v) is 4.96. The van der Waals surface area contributed by atoms with E-state index in [0.717, 1.165) is 43.9 Å². The van der Waals surface area contributed by atoms with Crippen LogP contribution in [0.1, 0.15) is 47.4 Å². The first-order valence-electron chi connectivity index (χ1n) is 9.01. The van der Waals surface area contributed by atoms with Crippen molar-refractivity contribution in [3.63, 3.8) is 0 Å². The number of aryl methyl sites for hydroxylation is 3. The maximum atomic E-state index is 10.5. The predicted molar refractivity (Wildman–Crippen MR) is 96.2 cm³/mol. The van der Waals surface area contributed by atoms with Gasteiger partial charge in [-0.3, -0.25) is 4.90 Å². The first kappa shape index (κ1) is 18.0. The van der Waals surface area contributed by atoms with Gasteiger partial charge in [-0.15, -0.1) is 0 Å². The highest BCUT2D eigenvalue weighted by atomic mass is 16.5. The van der Waals surface area contributed by atoms with Gasteiger partial charge in [0.25, 0.3) is 0 Å². The van der Waals surface area contributed by atoms with E-state index in [0.29, 0.717) is 18.5 Å². The van der Waals surface area contributed by atoms with Gasteiger partial charge in [-0.05, 0) is 49.9 Å². The Morgan fingerprint density at radius 1 is 1.32 bits per heavy atom. The molecule has 3 rings (SSSR count). The molecule has 0 bridgehead atoms. The van der Waals surface area contributed by atoms with Gasteiger partial charge >= 0.3 is 0 Å². The minimum Gasteiger partial charge on any atom is -0.387 e. The average molecular weight is 344 g/mol. The van der Waals surface area contributed by atoms with E-state index in [2.05, 4.69) is 46.3 Å². The summed E-state index contributed by atoms with van der Waals surface area (Å²) in [4.78, 5) is 6.62. The molecule has 0 saturated carbocycles. The maximum Gasteiger partial charge on any atom is 0.223 e. The van der Waals surface area contributed by atoms with E-state index in [4.69, 9.17) is 4.52 Å². The smallest absolute Gasteiger partial charge is 0.223 e. The Bertz CT molecular complexity index is 700. The second kappa shape index (κ2) is 8.08. The fraction of sp³-hybridized carbons (Fsp3) is 0.579. The number of aliphatic hydroxyl groups is 1. The number of hydrogen-bond donors (Lipinski definition) is 2. The topological polar surface area (TPSA) is 74.4 Å². The van der Waals surface area contributed by atoms with E-state index in [9.17, 15) is 5.11 Å². The van der Waals surface area contributed by atoms with Crippen LogP contribution in [0.4, 0.5) is 0 Å². The zero-order valence-corrected chi connectivity index (χ0v) is 15.3. The minimum atomic E-state index is -0.477. The average Bonchev–Trinajstić information content (AvgIpc) is 3.00. The maximum absolute atomic E-state index is 10.5. The summed E-state index contributed by atoms with van der Waals surface area (Å²) in [6.45, 7) is 9.25. The summed E-state index contributed by atoms with van der Waals surface area (Å²) in [5.74, 6) is 1.35. The summed E-state index contributed by atoms with van der Waals surface area (Å²) in [6.07, 6.45) is 1.78. The third kappa shape index (κ3) is 4.87. The molecule has 2 heterocycles. The van der Waals surface area contributed by atoms with Crippen molar-refractivity contribution in [3.8, 4) is 0 Å². The van der Waals surface area contributed by atoms with Crippen LogP contribution < -0.4 is 5.32 Å². The molecule has 6 heteroatoms. The van der Waals surface area contributed by atoms with Crippen LogP contribution in [-0.4, -0.2) is 45.8 Å². The molecule has 1 aromatic carbocycles. The lowest BCUT2D eigenvalue weighted by Gasteiger charge is -2.33. The van der Waals surface area contributed by atoms with Crippen molar-refractivity contribution < 1.29 is 9.63 Å². The van der Waals surface area contributed by atoms with Crippen molar-refractivity contribution >= 4 is 0 Å². The SMILES string of the molecule is Cc1nc(CN2CCCC(NCC(O)c3ccc(C)c(C)c3)C2)no1. The van der Waals surface area contributed by atoms with Crippen LogP contribution in [0.3, 0.4) is 0 Å². The zero-order chi connectivity index (χ0) is 17.8. The van der Waals surface area contributed by atoms with E-state index in [1.165, 1.54) is 11.1 Å². The van der Waals surface area contributed by atoms with Gasteiger partial charge in [0.2, 0.25) is 5.89 Å². The van der Waals surface area contributed by atoms with Crippen molar-refractivity contribution in [2.75, 3.05) is 19.6 Å². The Balaban J connectivity index is 1.49. The highest BCUT2D eigenvalue weighted by molar-refractivity contribution is 5.31. The molecule has 1 saturated heterocycles. The van der Waals surface area contributed by atoms with Gasteiger partial charge in [0.1, 0.15) is 0 Å². The lowest BCUT2D eigenvalue weighted by atomic mass is 10.0. The first-order valence-corrected chi connectivity index (χ1v) is 9.01. The number of nitrogens with zero attached hydrogens (tertiary/aromatic N) is 3. The lowest BCUT2D eigenvalue weighted by Crippen LogP contribution is -2.46. The molecule has 1 aliphatic heterocycles. The molecule has 2 aromatic rings. The van der Waals surface area contributed by atoms with Crippen LogP contribution in [0.25, 0.3) is 0 Å². The number of piperidine rings is 1. The molecule has 1 fully saturated rings. The Hall–Kier alpha value is -1.76. The quantitative estimate of drug-likeness (QED) is 0.837. The molecule has 2 atom stereocenters. The molecule has 0 radical (unpaired) electrons. The Morgan fingerprint density at radius 2 is 2.16 bits per heavy atom. The molecule has 2 unspecified atom stereocenters. The molecular weight excluding hydrogens is 316 g/mol. The molecule has 0 aliphatic carbocycles. The second-order valence-corrected chi connectivity index (χ2v) is 7.07. The van der Waals surface area contributed by atoms with Crippen LogP contribution in [0.5, 0.6) is 0 Å². The summed E-state index contributed by atoms with van der Waals surface area (Å²) >= 11 is 0. The van der Waals surface area contributed by atoms with Gasteiger partial charge in [-0.25, -0.2) is 0 Å². The van der Waals surface area contributed by atoms with Gasteiger partial charge in [0.05, 0.1) is 12.6 Å². The van der Waals surface area contributed by atoms with Crippen LogP contribution >= 0.6 is 0 Å². The molecular formula is C19H28N4O2. The van der Waals surface area contributed by atoms with Crippen molar-refractivity contribution in [1.29, 1.82) is 0 Å². The summed E-state index contributed by atoms with van der Waals surface area (Å²) in [5.41, 5.74) is 3.45. The highest BCUT2D eigenvalue weighted by Crippen LogP contribution is 2.18. The highest BCUT2D eigenvalue weighted by Gasteiger charge is 2.22. The van der Waals surface area contributed by atoms with E-state index in [1.54, 1.807) is 0 Å². The minimum absolute atomic E-state index is 0.378. The number of hydrogen-bond acceptors (Lipinski definition) is 6. The Labute approximate surface area is 149 Å². The van der Waals surface area contributed by atoms with Gasteiger partial charge in [-0.1, -0.05) is 23.4 Å². The fourth-order valence-corrected chi connectivity index (χ4v) is 3.34. The predicted octanol–water partition coefficient (Wildman–Crippen LogP) is 2.28. The molecule has 1 aliphatic rings. The molecule has 136 valence electrons. The van der Waals surface area contributed by atoms with E-state index in [-0.39, 0.29) is 0 Å². The molecule has 25 heavy (non-hydrogen) atoms. The Morgan fingerprint density at radius 3 is 2.88 bits per heavy atom. The van der Waals surface area contributed by atoms with E-state index < -0.39 is 6.10 Å². The van der Waals surface area contributed by atoms with Crippen molar-refractivity contribution in [3.05, 3.63) is 46.6 Å². The van der Waals surface area contributed by atoms with Gasteiger partial charge in [-0.2, -0.15) is 4.98 Å². The normalized spacial score (nSPS) is 19.9. The van der Waals surface area contributed by atoms with Crippen LogP contribution in [0, 0.1) is 20.8 Å². The van der Waals surface area contributed by atoms with Crippen LogP contribution in [0.2, 0.25) is 0 Å². The summed E-state index contributed by atoms with van der Waals surface area (Å²) in [5, 5.41) is 18.0. The van der Waals surface area contributed by atoms with Gasteiger partial charge in [0.15, 0.2) is 5.82 Å². The van der Waals surface area contributed by atoms with Gasteiger partial charge in [0, 0.05) is 26.1 Å². The fourth-order valence-electron chi connectivity index (χ4n) is 3.34. The molecule has 6 nitrogen and oxygen atoms in total.